The van der Waals surface area contributed by atoms with Crippen LogP contribution in [-0.2, 0) is 9.59 Å². The maximum atomic E-state index is 13.3. The van der Waals surface area contributed by atoms with Gasteiger partial charge in [0.15, 0.2) is 0 Å². The number of benzene rings is 4. The number of anilines is 2. The molecule has 3 N–H and O–H groups in total. The monoisotopic (exact) mass is 566 g/mol. The van der Waals surface area contributed by atoms with E-state index in [9.17, 15) is 24.5 Å². The molecule has 4 aromatic carbocycles. The van der Waals surface area contributed by atoms with Gasteiger partial charge in [0, 0.05) is 34.0 Å². The zero-order valence-electron chi connectivity index (χ0n) is 22.0. The van der Waals surface area contributed by atoms with Crippen molar-refractivity contribution in [2.24, 2.45) is 0 Å². The van der Waals surface area contributed by atoms with Crippen LogP contribution in [0.2, 0.25) is 0 Å². The molecule has 0 saturated heterocycles. The molecular formula is C31H26N4O5S. The van der Waals surface area contributed by atoms with Crippen molar-refractivity contribution in [3.63, 3.8) is 0 Å². The zero-order valence-corrected chi connectivity index (χ0v) is 22.8. The number of nitrogens with one attached hydrogen (secondary N) is 3. The van der Waals surface area contributed by atoms with E-state index >= 15 is 0 Å². The zero-order chi connectivity index (χ0) is 29.2. The Morgan fingerprint density at radius 3 is 2.27 bits per heavy atom. The Kier molecular flexibility index (Phi) is 9.63. The number of nitro benzene ring substituents is 1. The van der Waals surface area contributed by atoms with Gasteiger partial charge >= 0.3 is 0 Å². The number of hydrogen-bond donors (Lipinski definition) is 3. The molecular weight excluding hydrogens is 540 g/mol. The molecule has 41 heavy (non-hydrogen) atoms. The molecule has 4 rings (SSSR count). The highest BCUT2D eigenvalue weighted by Crippen LogP contribution is 2.23. The number of hydrogen-bond acceptors (Lipinski definition) is 6. The van der Waals surface area contributed by atoms with Crippen molar-refractivity contribution in [2.75, 3.05) is 16.4 Å². The summed E-state index contributed by atoms with van der Waals surface area (Å²) in [6.45, 7) is 1.94. The van der Waals surface area contributed by atoms with E-state index in [0.717, 1.165) is 16.0 Å². The Morgan fingerprint density at radius 1 is 0.829 bits per heavy atom. The molecule has 9 nitrogen and oxygen atoms in total. The predicted molar refractivity (Wildman–Crippen MR) is 161 cm³/mol. The summed E-state index contributed by atoms with van der Waals surface area (Å²) >= 11 is 1.26. The number of thioether (sulfide) groups is 1. The van der Waals surface area contributed by atoms with E-state index in [2.05, 4.69) is 16.0 Å². The predicted octanol–water partition coefficient (Wildman–Crippen LogP) is 6.04. The number of aryl methyl sites for hydroxylation is 1. The first-order chi connectivity index (χ1) is 19.8. The van der Waals surface area contributed by atoms with Gasteiger partial charge in [-0.2, -0.15) is 0 Å². The van der Waals surface area contributed by atoms with E-state index in [1.54, 1.807) is 60.7 Å². The quantitative estimate of drug-likeness (QED) is 0.0928. The van der Waals surface area contributed by atoms with Gasteiger partial charge in [0.05, 0.1) is 10.7 Å². The summed E-state index contributed by atoms with van der Waals surface area (Å²) in [7, 11) is 0. The molecule has 0 spiro atoms. The molecule has 0 bridgehead atoms. The smallest absolute Gasteiger partial charge is 0.272 e. The van der Waals surface area contributed by atoms with Crippen LogP contribution >= 0.6 is 11.8 Å². The Balaban J connectivity index is 1.42. The number of nitro groups is 1. The lowest BCUT2D eigenvalue weighted by molar-refractivity contribution is -0.384. The van der Waals surface area contributed by atoms with E-state index in [-0.39, 0.29) is 23.0 Å². The number of carbonyl (C=O) groups is 3. The lowest BCUT2D eigenvalue weighted by atomic mass is 10.1. The SMILES string of the molecule is Cc1cccc(/C=C(/NC(=O)c2ccccc2)C(=O)Nc2cccc(SCC(=O)Nc3ccc([N+](=O)[O-])cc3)c2)c1. The molecule has 0 aliphatic carbocycles. The summed E-state index contributed by atoms with van der Waals surface area (Å²) in [5, 5.41) is 19.0. The van der Waals surface area contributed by atoms with Crippen molar-refractivity contribution < 1.29 is 19.3 Å². The fraction of sp³-hybridized carbons (Fsp3) is 0.0645. The second-order valence-corrected chi connectivity index (χ2v) is 9.96. The molecule has 0 radical (unpaired) electrons. The highest BCUT2D eigenvalue weighted by molar-refractivity contribution is 8.00. The Morgan fingerprint density at radius 2 is 1.56 bits per heavy atom. The molecule has 0 fully saturated rings. The number of carbonyl (C=O) groups excluding carboxylic acids is 3. The molecule has 0 atom stereocenters. The first kappa shape index (κ1) is 28.8. The minimum absolute atomic E-state index is 0.0623. The lowest BCUT2D eigenvalue weighted by Gasteiger charge is -2.12. The second kappa shape index (κ2) is 13.7. The van der Waals surface area contributed by atoms with Gasteiger partial charge in [0.2, 0.25) is 5.91 Å². The third kappa shape index (κ3) is 8.64. The van der Waals surface area contributed by atoms with Gasteiger partial charge in [-0.05, 0) is 61.0 Å². The van der Waals surface area contributed by atoms with Crippen molar-refractivity contribution >= 4 is 52.6 Å². The largest absolute Gasteiger partial charge is 0.325 e. The van der Waals surface area contributed by atoms with Gasteiger partial charge in [-0.25, -0.2) is 0 Å². The van der Waals surface area contributed by atoms with Gasteiger partial charge in [0.1, 0.15) is 5.70 Å². The Bertz CT molecular complexity index is 1600. The second-order valence-electron chi connectivity index (χ2n) is 8.92. The van der Waals surface area contributed by atoms with Gasteiger partial charge in [-0.3, -0.25) is 24.5 Å². The van der Waals surface area contributed by atoms with E-state index in [1.165, 1.54) is 36.0 Å². The van der Waals surface area contributed by atoms with Gasteiger partial charge in [0.25, 0.3) is 17.5 Å². The number of amides is 3. The third-order valence-electron chi connectivity index (χ3n) is 5.71. The minimum Gasteiger partial charge on any atom is -0.325 e. The topological polar surface area (TPSA) is 130 Å². The minimum atomic E-state index is -0.508. The van der Waals surface area contributed by atoms with Gasteiger partial charge < -0.3 is 16.0 Å². The Hall–Kier alpha value is -5.22. The standard InChI is InChI=1S/C31H26N4O5S/c1-21-7-5-8-22(17-21)18-28(34-30(37)23-9-3-2-4-10-23)31(38)33-25-11-6-12-27(19-25)41-20-29(36)32-24-13-15-26(16-14-24)35(39)40/h2-19H,20H2,1H3,(H,32,36)(H,33,38)(H,34,37)/b28-18+. The van der Waals surface area contributed by atoms with Gasteiger partial charge in [-0.15, -0.1) is 11.8 Å². The first-order valence-corrected chi connectivity index (χ1v) is 13.5. The molecule has 0 aliphatic heterocycles. The van der Waals surface area contributed by atoms with Crippen molar-refractivity contribution in [2.45, 2.75) is 11.8 Å². The third-order valence-corrected chi connectivity index (χ3v) is 6.70. The lowest BCUT2D eigenvalue weighted by Crippen LogP contribution is -2.30. The maximum Gasteiger partial charge on any atom is 0.272 e. The van der Waals surface area contributed by atoms with Crippen LogP contribution in [-0.4, -0.2) is 28.4 Å². The van der Waals surface area contributed by atoms with E-state index in [4.69, 9.17) is 0 Å². The fourth-order valence-corrected chi connectivity index (χ4v) is 4.50. The van der Waals surface area contributed by atoms with Crippen molar-refractivity contribution in [3.8, 4) is 0 Å². The van der Waals surface area contributed by atoms with Crippen LogP contribution in [0.15, 0.2) is 114 Å². The molecule has 0 aromatic heterocycles. The van der Waals surface area contributed by atoms with E-state index in [1.807, 2.05) is 31.2 Å². The average molecular weight is 567 g/mol. The number of non-ortho nitro benzene ring substituents is 1. The summed E-state index contributed by atoms with van der Waals surface area (Å²) in [5.41, 5.74) is 3.13. The number of rotatable bonds is 10. The highest BCUT2D eigenvalue weighted by Gasteiger charge is 2.16. The molecule has 0 unspecified atom stereocenters. The molecule has 0 aliphatic rings. The van der Waals surface area contributed by atoms with Crippen LogP contribution in [0.1, 0.15) is 21.5 Å². The van der Waals surface area contributed by atoms with Crippen LogP contribution < -0.4 is 16.0 Å². The first-order valence-electron chi connectivity index (χ1n) is 12.5. The maximum absolute atomic E-state index is 13.3. The normalized spacial score (nSPS) is 10.9. The van der Waals surface area contributed by atoms with Gasteiger partial charge in [-0.1, -0.05) is 54.1 Å². The molecule has 10 heteroatoms. The fourth-order valence-electron chi connectivity index (χ4n) is 3.74. The molecule has 4 aromatic rings. The molecule has 0 heterocycles. The Labute approximate surface area is 240 Å². The van der Waals surface area contributed by atoms with E-state index in [0.29, 0.717) is 16.9 Å². The van der Waals surface area contributed by atoms with Crippen LogP contribution in [0.4, 0.5) is 17.1 Å². The van der Waals surface area contributed by atoms with E-state index < -0.39 is 16.7 Å². The summed E-state index contributed by atoms with van der Waals surface area (Å²) in [5.74, 6) is -1.12. The summed E-state index contributed by atoms with van der Waals surface area (Å²) in [6, 6.07) is 28.7. The molecule has 3 amide bonds. The summed E-state index contributed by atoms with van der Waals surface area (Å²) < 4.78 is 0. The van der Waals surface area contributed by atoms with Crippen LogP contribution in [0.3, 0.4) is 0 Å². The summed E-state index contributed by atoms with van der Waals surface area (Å²) in [4.78, 5) is 49.6. The molecule has 0 saturated carbocycles. The molecule has 206 valence electrons. The highest BCUT2D eigenvalue weighted by atomic mass is 32.2. The van der Waals surface area contributed by atoms with Crippen molar-refractivity contribution in [1.82, 2.24) is 5.32 Å². The number of nitrogens with zero attached hydrogens (tertiary/aromatic N) is 1. The van der Waals surface area contributed by atoms with Crippen molar-refractivity contribution in [3.05, 3.63) is 136 Å². The van der Waals surface area contributed by atoms with Crippen molar-refractivity contribution in [1.29, 1.82) is 0 Å². The van der Waals surface area contributed by atoms with Crippen LogP contribution in [0.25, 0.3) is 6.08 Å². The average Bonchev–Trinajstić information content (AvgIpc) is 2.96. The van der Waals surface area contributed by atoms with Crippen LogP contribution in [0.5, 0.6) is 0 Å². The van der Waals surface area contributed by atoms with Crippen LogP contribution in [0, 0.1) is 17.0 Å². The summed E-state index contributed by atoms with van der Waals surface area (Å²) in [6.07, 6.45) is 1.62.